The van der Waals surface area contributed by atoms with Crippen LogP contribution in [0.1, 0.15) is 24.3 Å². The van der Waals surface area contributed by atoms with Crippen molar-refractivity contribution < 1.29 is 17.9 Å². The zero-order chi connectivity index (χ0) is 20.9. The highest BCUT2D eigenvalue weighted by Gasteiger charge is 2.47. The first kappa shape index (κ1) is 19.2. The molecule has 6 nitrogen and oxygen atoms in total. The number of hydrogen-bond acceptors (Lipinski definition) is 5. The summed E-state index contributed by atoms with van der Waals surface area (Å²) in [6, 6.07) is 6.49. The molecule has 2 N–H and O–H groups in total. The lowest BCUT2D eigenvalue weighted by Gasteiger charge is -2.22. The SMILES string of the molecule is COc1cc2ncc(-c3cccc(N[C@H]4CNC[C@@H]4C(F)(F)F)n3)n2cc1C1CC1. The Bertz CT molecular complexity index is 1080. The van der Waals surface area contributed by atoms with E-state index in [2.05, 4.69) is 20.6 Å². The second-order valence-corrected chi connectivity index (χ2v) is 7.91. The van der Waals surface area contributed by atoms with Crippen molar-refractivity contribution in [3.8, 4) is 17.1 Å². The lowest BCUT2D eigenvalue weighted by Crippen LogP contribution is -2.38. The Balaban J connectivity index is 1.47. The van der Waals surface area contributed by atoms with Crippen LogP contribution in [0.2, 0.25) is 0 Å². The number of hydrogen-bond donors (Lipinski definition) is 2. The molecule has 2 atom stereocenters. The third-order valence-corrected chi connectivity index (χ3v) is 5.85. The minimum absolute atomic E-state index is 0.0834. The van der Waals surface area contributed by atoms with Gasteiger partial charge in [0.2, 0.25) is 0 Å². The fourth-order valence-electron chi connectivity index (χ4n) is 4.11. The van der Waals surface area contributed by atoms with Crippen LogP contribution in [0.3, 0.4) is 0 Å². The Morgan fingerprint density at radius 3 is 2.80 bits per heavy atom. The largest absolute Gasteiger partial charge is 0.496 e. The zero-order valence-corrected chi connectivity index (χ0v) is 16.4. The average Bonchev–Trinajstić information content (AvgIpc) is 3.31. The van der Waals surface area contributed by atoms with Gasteiger partial charge in [0.15, 0.2) is 0 Å². The summed E-state index contributed by atoms with van der Waals surface area (Å²) in [4.78, 5) is 9.05. The van der Waals surface area contributed by atoms with Crippen molar-refractivity contribution >= 4 is 11.5 Å². The Kier molecular flexibility index (Phi) is 4.57. The minimum atomic E-state index is -4.25. The molecule has 0 spiro atoms. The van der Waals surface area contributed by atoms with Crippen LogP contribution in [0.4, 0.5) is 19.0 Å². The van der Waals surface area contributed by atoms with Gasteiger partial charge in [0.1, 0.15) is 17.2 Å². The molecular formula is C21H22F3N5O. The van der Waals surface area contributed by atoms with E-state index in [1.54, 1.807) is 25.4 Å². The van der Waals surface area contributed by atoms with E-state index in [1.807, 2.05) is 22.7 Å². The summed E-state index contributed by atoms with van der Waals surface area (Å²) < 4.78 is 47.2. The maximum absolute atomic E-state index is 13.2. The van der Waals surface area contributed by atoms with E-state index in [4.69, 9.17) is 4.74 Å². The van der Waals surface area contributed by atoms with Crippen LogP contribution in [-0.2, 0) is 0 Å². The molecule has 3 aromatic heterocycles. The molecule has 2 aliphatic rings. The molecule has 4 heterocycles. The van der Waals surface area contributed by atoms with E-state index < -0.39 is 18.1 Å². The molecule has 2 fully saturated rings. The van der Waals surface area contributed by atoms with E-state index in [0.29, 0.717) is 17.4 Å². The van der Waals surface area contributed by atoms with Crippen molar-refractivity contribution in [1.82, 2.24) is 19.7 Å². The van der Waals surface area contributed by atoms with Crippen LogP contribution in [0, 0.1) is 5.92 Å². The quantitative estimate of drug-likeness (QED) is 0.661. The van der Waals surface area contributed by atoms with Crippen molar-refractivity contribution in [3.05, 3.63) is 42.2 Å². The molecular weight excluding hydrogens is 395 g/mol. The first-order chi connectivity index (χ1) is 14.4. The Hall–Kier alpha value is -2.81. The zero-order valence-electron chi connectivity index (χ0n) is 16.4. The molecule has 0 aromatic carbocycles. The number of anilines is 1. The van der Waals surface area contributed by atoms with Gasteiger partial charge in [-0.15, -0.1) is 0 Å². The Morgan fingerprint density at radius 2 is 2.07 bits per heavy atom. The van der Waals surface area contributed by atoms with Gasteiger partial charge in [0.05, 0.1) is 36.7 Å². The average molecular weight is 417 g/mol. The van der Waals surface area contributed by atoms with Crippen LogP contribution in [-0.4, -0.2) is 46.8 Å². The van der Waals surface area contributed by atoms with Crippen LogP contribution >= 0.6 is 0 Å². The molecule has 0 unspecified atom stereocenters. The predicted molar refractivity (Wildman–Crippen MR) is 107 cm³/mol. The summed E-state index contributed by atoms with van der Waals surface area (Å²) in [7, 11) is 1.66. The van der Waals surface area contributed by atoms with E-state index >= 15 is 0 Å². The molecule has 1 aliphatic heterocycles. The van der Waals surface area contributed by atoms with E-state index in [0.717, 1.165) is 35.5 Å². The molecule has 9 heteroatoms. The van der Waals surface area contributed by atoms with Crippen molar-refractivity contribution in [3.63, 3.8) is 0 Å². The minimum Gasteiger partial charge on any atom is -0.496 e. The fourth-order valence-corrected chi connectivity index (χ4v) is 4.11. The predicted octanol–water partition coefficient (Wildman–Crippen LogP) is 3.84. The van der Waals surface area contributed by atoms with Crippen molar-refractivity contribution in [2.45, 2.75) is 31.0 Å². The number of fused-ring (bicyclic) bond motifs is 1. The molecule has 0 amide bonds. The highest BCUT2D eigenvalue weighted by Crippen LogP contribution is 2.44. The van der Waals surface area contributed by atoms with Gasteiger partial charge in [-0.3, -0.25) is 4.40 Å². The van der Waals surface area contributed by atoms with Gasteiger partial charge in [-0.05, 0) is 30.9 Å². The Labute approximate surface area is 171 Å². The summed E-state index contributed by atoms with van der Waals surface area (Å²) >= 11 is 0. The number of methoxy groups -OCH3 is 1. The second-order valence-electron chi connectivity index (χ2n) is 7.91. The lowest BCUT2D eigenvalue weighted by atomic mass is 10.0. The normalized spacial score (nSPS) is 21.9. The van der Waals surface area contributed by atoms with Crippen LogP contribution in [0.15, 0.2) is 36.7 Å². The number of imidazole rings is 1. The second kappa shape index (κ2) is 7.16. The fraction of sp³-hybridized carbons (Fsp3) is 0.429. The van der Waals surface area contributed by atoms with Gasteiger partial charge >= 0.3 is 6.18 Å². The number of halogens is 3. The van der Waals surface area contributed by atoms with Gasteiger partial charge < -0.3 is 15.4 Å². The van der Waals surface area contributed by atoms with Crippen molar-refractivity contribution in [1.29, 1.82) is 0 Å². The number of pyridine rings is 2. The topological polar surface area (TPSA) is 63.5 Å². The molecule has 158 valence electrons. The number of nitrogens with zero attached hydrogens (tertiary/aromatic N) is 3. The van der Waals surface area contributed by atoms with Gasteiger partial charge in [-0.25, -0.2) is 9.97 Å². The van der Waals surface area contributed by atoms with E-state index in [1.165, 1.54) is 0 Å². The molecule has 1 saturated heterocycles. The van der Waals surface area contributed by atoms with E-state index in [9.17, 15) is 13.2 Å². The molecule has 30 heavy (non-hydrogen) atoms. The molecule has 0 bridgehead atoms. The third kappa shape index (κ3) is 3.47. The van der Waals surface area contributed by atoms with Gasteiger partial charge in [0, 0.05) is 30.9 Å². The highest BCUT2D eigenvalue weighted by molar-refractivity contribution is 5.64. The molecule has 0 radical (unpaired) electrons. The van der Waals surface area contributed by atoms with E-state index in [-0.39, 0.29) is 13.1 Å². The third-order valence-electron chi connectivity index (χ3n) is 5.85. The van der Waals surface area contributed by atoms with Crippen molar-refractivity contribution in [2.75, 3.05) is 25.5 Å². The molecule has 3 aromatic rings. The first-order valence-electron chi connectivity index (χ1n) is 10.0. The van der Waals surface area contributed by atoms with Gasteiger partial charge in [-0.2, -0.15) is 13.2 Å². The maximum atomic E-state index is 13.2. The van der Waals surface area contributed by atoms with Gasteiger partial charge in [0.25, 0.3) is 0 Å². The summed E-state index contributed by atoms with van der Waals surface area (Å²) in [6.45, 7) is 0.163. The van der Waals surface area contributed by atoms with Crippen LogP contribution in [0.5, 0.6) is 5.75 Å². The number of alkyl halides is 3. The number of aromatic nitrogens is 3. The Morgan fingerprint density at radius 1 is 1.23 bits per heavy atom. The molecule has 1 saturated carbocycles. The number of nitrogens with one attached hydrogen (secondary N) is 2. The van der Waals surface area contributed by atoms with Gasteiger partial charge in [-0.1, -0.05) is 6.07 Å². The molecule has 1 aliphatic carbocycles. The summed E-state index contributed by atoms with van der Waals surface area (Å²) in [6.07, 6.45) is 1.79. The standard InChI is InChI=1S/C21H22F3N5O/c1-30-18-7-20-26-10-17(29(20)11-13(18)12-5-6-12)15-3-2-4-19(27-15)28-16-9-25-8-14(16)21(22,23)24/h2-4,7,10-12,14,16,25H,5-6,8-9H2,1H3,(H,27,28)/t14-,16-/m0/s1. The molecule has 5 rings (SSSR count). The smallest absolute Gasteiger partial charge is 0.395 e. The first-order valence-corrected chi connectivity index (χ1v) is 10.0. The lowest BCUT2D eigenvalue weighted by molar-refractivity contribution is -0.170. The highest BCUT2D eigenvalue weighted by atomic mass is 19.4. The van der Waals surface area contributed by atoms with Crippen LogP contribution in [0.25, 0.3) is 17.0 Å². The monoisotopic (exact) mass is 417 g/mol. The summed E-state index contributed by atoms with van der Waals surface area (Å²) in [5.41, 5.74) is 3.32. The summed E-state index contributed by atoms with van der Waals surface area (Å²) in [5, 5.41) is 5.78. The summed E-state index contributed by atoms with van der Waals surface area (Å²) in [5.74, 6) is 0.306. The van der Waals surface area contributed by atoms with Crippen molar-refractivity contribution in [2.24, 2.45) is 5.92 Å². The number of ether oxygens (including phenoxy) is 1. The van der Waals surface area contributed by atoms with Crippen LogP contribution < -0.4 is 15.4 Å². The maximum Gasteiger partial charge on any atom is 0.395 e. The number of rotatable bonds is 5.